The maximum atomic E-state index is 12.5. The van der Waals surface area contributed by atoms with Crippen LogP contribution in [-0.4, -0.2) is 29.6 Å². The Balaban J connectivity index is 1.91. The molecule has 2 atom stereocenters. The Kier molecular flexibility index (Phi) is 5.18. The SMILES string of the molecule is CCC(C(C)C)N1CNC(CCc2ccccc2)C1=O. The van der Waals surface area contributed by atoms with Gasteiger partial charge in [0.05, 0.1) is 12.7 Å². The number of amides is 1. The average molecular weight is 274 g/mol. The van der Waals surface area contributed by atoms with E-state index in [2.05, 4.69) is 50.4 Å². The Bertz CT molecular complexity index is 430. The van der Waals surface area contributed by atoms with E-state index in [-0.39, 0.29) is 11.9 Å². The van der Waals surface area contributed by atoms with Crippen LogP contribution in [0.25, 0.3) is 0 Å². The molecule has 1 N–H and O–H groups in total. The first-order valence-electron chi connectivity index (χ1n) is 7.71. The summed E-state index contributed by atoms with van der Waals surface area (Å²) in [5, 5.41) is 3.37. The van der Waals surface area contributed by atoms with Gasteiger partial charge in [-0.25, -0.2) is 0 Å². The molecule has 1 heterocycles. The van der Waals surface area contributed by atoms with Gasteiger partial charge in [0.15, 0.2) is 0 Å². The highest BCUT2D eigenvalue weighted by Gasteiger charge is 2.35. The van der Waals surface area contributed by atoms with Crippen LogP contribution in [0.4, 0.5) is 0 Å². The van der Waals surface area contributed by atoms with Crippen LogP contribution in [0.2, 0.25) is 0 Å². The number of carbonyl (C=O) groups is 1. The molecule has 1 amide bonds. The minimum atomic E-state index is -0.0111. The molecule has 1 aromatic rings. The van der Waals surface area contributed by atoms with Crippen molar-refractivity contribution in [3.05, 3.63) is 35.9 Å². The molecule has 0 aliphatic carbocycles. The fourth-order valence-electron chi connectivity index (χ4n) is 3.09. The van der Waals surface area contributed by atoms with Crippen LogP contribution >= 0.6 is 0 Å². The highest BCUT2D eigenvalue weighted by Crippen LogP contribution is 2.20. The van der Waals surface area contributed by atoms with Gasteiger partial charge in [0, 0.05) is 6.04 Å². The Hall–Kier alpha value is -1.35. The third-order valence-electron chi connectivity index (χ3n) is 4.24. The fraction of sp³-hybridized carbons (Fsp3) is 0.588. The van der Waals surface area contributed by atoms with Gasteiger partial charge in [-0.3, -0.25) is 10.1 Å². The lowest BCUT2D eigenvalue weighted by Gasteiger charge is -2.29. The summed E-state index contributed by atoms with van der Waals surface area (Å²) in [5.74, 6) is 0.792. The van der Waals surface area contributed by atoms with Gasteiger partial charge in [-0.15, -0.1) is 0 Å². The number of nitrogens with zero attached hydrogens (tertiary/aromatic N) is 1. The Labute approximate surface area is 122 Å². The van der Waals surface area contributed by atoms with Gasteiger partial charge in [-0.1, -0.05) is 51.1 Å². The molecule has 2 rings (SSSR count). The molecular formula is C17H26N2O. The Morgan fingerprint density at radius 3 is 2.60 bits per heavy atom. The Morgan fingerprint density at radius 1 is 1.30 bits per heavy atom. The second-order valence-corrected chi connectivity index (χ2v) is 5.97. The zero-order valence-electron chi connectivity index (χ0n) is 12.8. The van der Waals surface area contributed by atoms with Gasteiger partial charge in [0.1, 0.15) is 0 Å². The number of hydrogen-bond donors (Lipinski definition) is 1. The van der Waals surface area contributed by atoms with Crippen molar-refractivity contribution in [3.63, 3.8) is 0 Å². The Morgan fingerprint density at radius 2 is 2.00 bits per heavy atom. The summed E-state index contributed by atoms with van der Waals surface area (Å²) >= 11 is 0. The van der Waals surface area contributed by atoms with Gasteiger partial charge in [-0.05, 0) is 30.7 Å². The van der Waals surface area contributed by atoms with Gasteiger partial charge in [0.2, 0.25) is 5.91 Å². The van der Waals surface area contributed by atoms with E-state index in [0.717, 1.165) is 19.3 Å². The minimum Gasteiger partial charge on any atom is -0.325 e. The standard InChI is InChI=1S/C17H26N2O/c1-4-16(13(2)3)19-12-18-15(17(19)20)11-10-14-8-6-5-7-9-14/h5-9,13,15-16,18H,4,10-12H2,1-3H3. The van der Waals surface area contributed by atoms with E-state index in [1.807, 2.05) is 11.0 Å². The van der Waals surface area contributed by atoms with Crippen molar-refractivity contribution in [1.29, 1.82) is 0 Å². The van der Waals surface area contributed by atoms with E-state index in [1.54, 1.807) is 0 Å². The quantitative estimate of drug-likeness (QED) is 0.865. The molecule has 0 bridgehead atoms. The monoisotopic (exact) mass is 274 g/mol. The highest BCUT2D eigenvalue weighted by atomic mass is 16.2. The predicted octanol–water partition coefficient (Wildman–Crippen LogP) is 2.81. The molecule has 0 aromatic heterocycles. The largest absolute Gasteiger partial charge is 0.325 e. The zero-order chi connectivity index (χ0) is 14.5. The van der Waals surface area contributed by atoms with Crippen LogP contribution in [0.5, 0.6) is 0 Å². The number of aryl methyl sites for hydroxylation is 1. The van der Waals surface area contributed by atoms with Crippen molar-refractivity contribution in [2.24, 2.45) is 5.92 Å². The third-order valence-corrected chi connectivity index (χ3v) is 4.24. The van der Waals surface area contributed by atoms with Crippen LogP contribution in [0.3, 0.4) is 0 Å². The van der Waals surface area contributed by atoms with Crippen molar-refractivity contribution in [1.82, 2.24) is 10.2 Å². The van der Waals surface area contributed by atoms with Crippen LogP contribution in [0.1, 0.15) is 39.2 Å². The lowest BCUT2D eigenvalue weighted by molar-refractivity contribution is -0.131. The lowest BCUT2D eigenvalue weighted by Crippen LogP contribution is -2.41. The summed E-state index contributed by atoms with van der Waals surface area (Å²) < 4.78 is 0. The van der Waals surface area contributed by atoms with Gasteiger partial charge >= 0.3 is 0 Å². The first-order valence-corrected chi connectivity index (χ1v) is 7.71. The molecule has 1 aliphatic heterocycles. The predicted molar refractivity (Wildman–Crippen MR) is 82.3 cm³/mol. The van der Waals surface area contributed by atoms with Crippen molar-refractivity contribution in [3.8, 4) is 0 Å². The maximum Gasteiger partial charge on any atom is 0.241 e. The molecule has 3 heteroatoms. The van der Waals surface area contributed by atoms with Crippen molar-refractivity contribution in [2.75, 3.05) is 6.67 Å². The first-order chi connectivity index (χ1) is 9.63. The van der Waals surface area contributed by atoms with Gasteiger partial charge in [-0.2, -0.15) is 0 Å². The van der Waals surface area contributed by atoms with Gasteiger partial charge in [0.25, 0.3) is 0 Å². The number of carbonyl (C=O) groups excluding carboxylic acids is 1. The average Bonchev–Trinajstić information content (AvgIpc) is 2.80. The number of nitrogens with one attached hydrogen (secondary N) is 1. The molecule has 0 saturated carbocycles. The van der Waals surface area contributed by atoms with E-state index in [4.69, 9.17) is 0 Å². The number of rotatable bonds is 6. The third kappa shape index (κ3) is 3.40. The number of benzene rings is 1. The molecule has 3 nitrogen and oxygen atoms in total. The van der Waals surface area contributed by atoms with E-state index in [0.29, 0.717) is 18.6 Å². The zero-order valence-corrected chi connectivity index (χ0v) is 12.8. The summed E-state index contributed by atoms with van der Waals surface area (Å²) in [6.07, 6.45) is 2.86. The summed E-state index contributed by atoms with van der Waals surface area (Å²) in [6, 6.07) is 10.7. The molecule has 1 aliphatic rings. The van der Waals surface area contributed by atoms with Crippen LogP contribution in [0.15, 0.2) is 30.3 Å². The maximum absolute atomic E-state index is 12.5. The summed E-state index contributed by atoms with van der Waals surface area (Å²) in [6.45, 7) is 7.25. The van der Waals surface area contributed by atoms with E-state index in [1.165, 1.54) is 5.56 Å². The van der Waals surface area contributed by atoms with Crippen molar-refractivity contribution >= 4 is 5.91 Å². The van der Waals surface area contributed by atoms with E-state index in [9.17, 15) is 4.79 Å². The molecular weight excluding hydrogens is 248 g/mol. The fourth-order valence-corrected chi connectivity index (χ4v) is 3.09. The summed E-state index contributed by atoms with van der Waals surface area (Å²) in [4.78, 5) is 14.5. The molecule has 20 heavy (non-hydrogen) atoms. The summed E-state index contributed by atoms with van der Waals surface area (Å²) in [5.41, 5.74) is 1.30. The molecule has 0 spiro atoms. The number of hydrogen-bond acceptors (Lipinski definition) is 2. The molecule has 1 fully saturated rings. The second kappa shape index (κ2) is 6.89. The molecule has 1 aromatic carbocycles. The van der Waals surface area contributed by atoms with Crippen LogP contribution in [-0.2, 0) is 11.2 Å². The summed E-state index contributed by atoms with van der Waals surface area (Å²) in [7, 11) is 0. The molecule has 0 radical (unpaired) electrons. The van der Waals surface area contributed by atoms with Crippen LogP contribution < -0.4 is 5.32 Å². The molecule has 1 saturated heterocycles. The van der Waals surface area contributed by atoms with Crippen molar-refractivity contribution < 1.29 is 4.79 Å². The minimum absolute atomic E-state index is 0.0111. The van der Waals surface area contributed by atoms with Crippen molar-refractivity contribution in [2.45, 2.75) is 52.1 Å². The van der Waals surface area contributed by atoms with E-state index < -0.39 is 0 Å². The second-order valence-electron chi connectivity index (χ2n) is 5.97. The normalized spacial score (nSPS) is 20.7. The topological polar surface area (TPSA) is 32.3 Å². The van der Waals surface area contributed by atoms with E-state index >= 15 is 0 Å². The molecule has 110 valence electrons. The smallest absolute Gasteiger partial charge is 0.241 e. The lowest BCUT2D eigenvalue weighted by atomic mass is 9.99. The first kappa shape index (κ1) is 15.0. The molecule has 2 unspecified atom stereocenters. The van der Waals surface area contributed by atoms with Crippen LogP contribution in [0, 0.1) is 5.92 Å². The van der Waals surface area contributed by atoms with Gasteiger partial charge < -0.3 is 4.90 Å². The highest BCUT2D eigenvalue weighted by molar-refractivity contribution is 5.84.